The van der Waals surface area contributed by atoms with Gasteiger partial charge >= 0.3 is 0 Å². The summed E-state index contributed by atoms with van der Waals surface area (Å²) < 4.78 is 32.9. The molecule has 0 amide bonds. The number of methoxy groups -OCH3 is 2. The summed E-state index contributed by atoms with van der Waals surface area (Å²) >= 11 is 0. The molecule has 25 heavy (non-hydrogen) atoms. The summed E-state index contributed by atoms with van der Waals surface area (Å²) in [4.78, 5) is 6.17. The summed E-state index contributed by atoms with van der Waals surface area (Å²) in [7, 11) is 3.91. The van der Waals surface area contributed by atoms with Crippen LogP contribution in [-0.2, 0) is 16.4 Å². The van der Waals surface area contributed by atoms with Gasteiger partial charge in [-0.2, -0.15) is 0 Å². The standard InChI is InChI=1S/C16H27N3O4S.HI/c1-17-16(18-9-6-10-24(5,20)21)19(2)12-13-7-8-14(22-3)11-15(13)23-4;/h7-8,11H,6,9-10,12H2,1-5H3,(H,17,18);1H. The molecule has 0 aliphatic rings. The first kappa shape index (κ1) is 23.8. The normalized spacial score (nSPS) is 11.5. The number of hydrogen-bond acceptors (Lipinski definition) is 5. The average molecular weight is 485 g/mol. The molecule has 1 aromatic carbocycles. The number of nitrogens with one attached hydrogen (secondary N) is 1. The highest BCUT2D eigenvalue weighted by Gasteiger charge is 2.11. The molecule has 0 atom stereocenters. The van der Waals surface area contributed by atoms with Gasteiger partial charge in [-0.15, -0.1) is 24.0 Å². The number of sulfone groups is 1. The maximum Gasteiger partial charge on any atom is 0.193 e. The highest BCUT2D eigenvalue weighted by Crippen LogP contribution is 2.25. The molecule has 0 aliphatic heterocycles. The van der Waals surface area contributed by atoms with E-state index in [1.54, 1.807) is 21.3 Å². The first-order valence-electron chi connectivity index (χ1n) is 7.61. The fraction of sp³-hybridized carbons (Fsp3) is 0.562. The van der Waals surface area contributed by atoms with Crippen molar-refractivity contribution in [1.82, 2.24) is 10.2 Å². The zero-order valence-electron chi connectivity index (χ0n) is 15.4. The second-order valence-electron chi connectivity index (χ2n) is 5.49. The lowest BCUT2D eigenvalue weighted by atomic mass is 10.2. The molecule has 0 saturated carbocycles. The van der Waals surface area contributed by atoms with Crippen LogP contribution in [0, 0.1) is 0 Å². The van der Waals surface area contributed by atoms with Crippen molar-refractivity contribution < 1.29 is 17.9 Å². The number of hydrogen-bond donors (Lipinski definition) is 1. The minimum atomic E-state index is -2.94. The molecule has 1 rings (SSSR count). The van der Waals surface area contributed by atoms with Crippen LogP contribution in [0.1, 0.15) is 12.0 Å². The monoisotopic (exact) mass is 485 g/mol. The van der Waals surface area contributed by atoms with E-state index in [1.807, 2.05) is 30.1 Å². The largest absolute Gasteiger partial charge is 0.497 e. The third-order valence-corrected chi connectivity index (χ3v) is 4.48. The molecule has 0 radical (unpaired) electrons. The van der Waals surface area contributed by atoms with Crippen molar-refractivity contribution in [3.8, 4) is 11.5 Å². The van der Waals surface area contributed by atoms with Gasteiger partial charge in [0.15, 0.2) is 5.96 Å². The fourth-order valence-corrected chi connectivity index (χ4v) is 2.90. The zero-order valence-corrected chi connectivity index (χ0v) is 18.6. The Morgan fingerprint density at radius 2 is 1.96 bits per heavy atom. The number of benzene rings is 1. The fourth-order valence-electron chi connectivity index (χ4n) is 2.23. The Kier molecular flexibility index (Phi) is 10.8. The van der Waals surface area contributed by atoms with E-state index in [1.165, 1.54) is 6.26 Å². The van der Waals surface area contributed by atoms with E-state index >= 15 is 0 Å². The molecule has 144 valence electrons. The molecule has 0 bridgehead atoms. The quantitative estimate of drug-likeness (QED) is 0.262. The van der Waals surface area contributed by atoms with Crippen molar-refractivity contribution in [2.45, 2.75) is 13.0 Å². The maximum absolute atomic E-state index is 11.2. The van der Waals surface area contributed by atoms with Crippen LogP contribution in [0.2, 0.25) is 0 Å². The van der Waals surface area contributed by atoms with E-state index in [0.717, 1.165) is 17.1 Å². The van der Waals surface area contributed by atoms with Gasteiger partial charge in [0, 0.05) is 45.1 Å². The summed E-state index contributed by atoms with van der Waals surface area (Å²) in [5, 5.41) is 3.17. The molecule has 9 heteroatoms. The first-order chi connectivity index (χ1) is 11.3. The lowest BCUT2D eigenvalue weighted by Crippen LogP contribution is -2.39. The highest BCUT2D eigenvalue weighted by molar-refractivity contribution is 14.0. The van der Waals surface area contributed by atoms with Gasteiger partial charge in [-0.05, 0) is 18.6 Å². The molecule has 1 N–H and O–H groups in total. The number of nitrogens with zero attached hydrogens (tertiary/aromatic N) is 2. The molecule has 0 heterocycles. The zero-order chi connectivity index (χ0) is 18.2. The van der Waals surface area contributed by atoms with E-state index < -0.39 is 9.84 Å². The Bertz CT molecular complexity index is 665. The van der Waals surface area contributed by atoms with E-state index in [-0.39, 0.29) is 29.7 Å². The summed E-state index contributed by atoms with van der Waals surface area (Å²) in [6.45, 7) is 1.14. The van der Waals surface area contributed by atoms with Crippen molar-refractivity contribution in [3.63, 3.8) is 0 Å². The molecule has 0 spiro atoms. The summed E-state index contributed by atoms with van der Waals surface area (Å²) in [6.07, 6.45) is 1.78. The second-order valence-corrected chi connectivity index (χ2v) is 7.75. The lowest BCUT2D eigenvalue weighted by molar-refractivity contribution is 0.382. The Balaban J connectivity index is 0.00000576. The van der Waals surface area contributed by atoms with E-state index in [0.29, 0.717) is 25.5 Å². The third-order valence-electron chi connectivity index (χ3n) is 3.45. The Labute approximate surface area is 167 Å². The van der Waals surface area contributed by atoms with Gasteiger partial charge in [0.05, 0.1) is 20.0 Å². The molecular weight excluding hydrogens is 457 g/mol. The molecule has 0 fully saturated rings. The Morgan fingerprint density at radius 3 is 2.48 bits per heavy atom. The lowest BCUT2D eigenvalue weighted by Gasteiger charge is -2.23. The van der Waals surface area contributed by atoms with Crippen LogP contribution >= 0.6 is 24.0 Å². The van der Waals surface area contributed by atoms with E-state index in [9.17, 15) is 8.42 Å². The van der Waals surface area contributed by atoms with Crippen LogP contribution in [0.4, 0.5) is 0 Å². The summed E-state index contributed by atoms with van der Waals surface area (Å²) in [5.41, 5.74) is 1.000. The van der Waals surface area contributed by atoms with Crippen LogP contribution in [0.15, 0.2) is 23.2 Å². The smallest absolute Gasteiger partial charge is 0.193 e. The van der Waals surface area contributed by atoms with Crippen LogP contribution in [0.25, 0.3) is 0 Å². The van der Waals surface area contributed by atoms with Crippen molar-refractivity contribution in [2.75, 3.05) is 46.9 Å². The average Bonchev–Trinajstić information content (AvgIpc) is 2.54. The predicted molar refractivity (Wildman–Crippen MR) is 112 cm³/mol. The van der Waals surface area contributed by atoms with Gasteiger partial charge in [-0.25, -0.2) is 8.42 Å². The highest BCUT2D eigenvalue weighted by atomic mass is 127. The molecular formula is C16H28IN3O4S. The number of halogens is 1. The SMILES string of the molecule is CN=C(NCCCS(C)(=O)=O)N(C)Cc1ccc(OC)cc1OC.I. The van der Waals surface area contributed by atoms with Crippen LogP contribution in [-0.4, -0.2) is 66.1 Å². The van der Waals surface area contributed by atoms with Gasteiger partial charge in [0.25, 0.3) is 0 Å². The van der Waals surface area contributed by atoms with Gasteiger partial charge < -0.3 is 19.7 Å². The Morgan fingerprint density at radius 1 is 1.28 bits per heavy atom. The van der Waals surface area contributed by atoms with Gasteiger partial charge in [0.1, 0.15) is 21.3 Å². The number of ether oxygens (including phenoxy) is 2. The van der Waals surface area contributed by atoms with Crippen molar-refractivity contribution in [1.29, 1.82) is 0 Å². The van der Waals surface area contributed by atoms with Crippen molar-refractivity contribution >= 4 is 39.8 Å². The topological polar surface area (TPSA) is 80.2 Å². The summed E-state index contributed by atoms with van der Waals surface area (Å²) in [5.74, 6) is 2.34. The minimum Gasteiger partial charge on any atom is -0.497 e. The third kappa shape index (κ3) is 8.61. The molecule has 0 aromatic heterocycles. The van der Waals surface area contributed by atoms with Gasteiger partial charge in [0.2, 0.25) is 0 Å². The predicted octanol–water partition coefficient (Wildman–Crippen LogP) is 1.76. The molecule has 0 aliphatic carbocycles. The van der Waals surface area contributed by atoms with Gasteiger partial charge in [-0.1, -0.05) is 0 Å². The van der Waals surface area contributed by atoms with Crippen molar-refractivity contribution in [3.05, 3.63) is 23.8 Å². The number of guanidine groups is 1. The van der Waals surface area contributed by atoms with Crippen LogP contribution in [0.5, 0.6) is 11.5 Å². The number of rotatable bonds is 8. The molecule has 7 nitrogen and oxygen atoms in total. The maximum atomic E-state index is 11.2. The second kappa shape index (κ2) is 11.4. The molecule has 0 saturated heterocycles. The van der Waals surface area contributed by atoms with Crippen LogP contribution in [0.3, 0.4) is 0 Å². The minimum absolute atomic E-state index is 0. The number of aliphatic imine (C=N–C) groups is 1. The first-order valence-corrected chi connectivity index (χ1v) is 9.67. The van der Waals surface area contributed by atoms with E-state index in [4.69, 9.17) is 9.47 Å². The molecule has 0 unspecified atom stereocenters. The Hall–Kier alpha value is -1.23. The van der Waals surface area contributed by atoms with Crippen LogP contribution < -0.4 is 14.8 Å². The van der Waals surface area contributed by atoms with E-state index in [2.05, 4.69) is 10.3 Å². The van der Waals surface area contributed by atoms with Crippen molar-refractivity contribution in [2.24, 2.45) is 4.99 Å². The summed E-state index contributed by atoms with van der Waals surface area (Å²) in [6, 6.07) is 5.67. The molecule has 1 aromatic rings. The van der Waals surface area contributed by atoms with Gasteiger partial charge in [-0.3, -0.25) is 4.99 Å².